The first kappa shape index (κ1) is 13.2. The van der Waals surface area contributed by atoms with Crippen molar-refractivity contribution in [2.45, 2.75) is 37.5 Å². The van der Waals surface area contributed by atoms with Gasteiger partial charge in [0.05, 0.1) is 10.6 Å². The van der Waals surface area contributed by atoms with E-state index in [1.807, 2.05) is 19.1 Å². The topological polar surface area (TPSA) is 34.1 Å². The third-order valence-electron chi connectivity index (χ3n) is 2.54. The van der Waals surface area contributed by atoms with Crippen molar-refractivity contribution < 1.29 is 8.42 Å². The van der Waals surface area contributed by atoms with Gasteiger partial charge >= 0.3 is 0 Å². The molecule has 2 nitrogen and oxygen atoms in total. The first-order chi connectivity index (χ1) is 7.56. The van der Waals surface area contributed by atoms with E-state index in [0.29, 0.717) is 4.90 Å². The van der Waals surface area contributed by atoms with Crippen LogP contribution in [0.5, 0.6) is 0 Å². The summed E-state index contributed by atoms with van der Waals surface area (Å²) in [5.41, 5.74) is 1.08. The minimum atomic E-state index is -3.08. The maximum atomic E-state index is 11.9. The van der Waals surface area contributed by atoms with Crippen LogP contribution in [0.1, 0.15) is 31.2 Å². The predicted octanol–water partition coefficient (Wildman–Crippen LogP) is 3.16. The molecule has 0 spiro atoms. The third-order valence-corrected chi connectivity index (χ3v) is 4.36. The molecule has 0 aliphatic heterocycles. The summed E-state index contributed by atoms with van der Waals surface area (Å²) in [5, 5.41) is 0. The fourth-order valence-electron chi connectivity index (χ4n) is 1.51. The van der Waals surface area contributed by atoms with Gasteiger partial charge in [0.25, 0.3) is 0 Å². The molecule has 1 rings (SSSR count). The van der Waals surface area contributed by atoms with Gasteiger partial charge in [-0.2, -0.15) is 0 Å². The van der Waals surface area contributed by atoms with Crippen LogP contribution in [0.25, 0.3) is 0 Å². The Bertz CT molecular complexity index is 404. The lowest BCUT2D eigenvalue weighted by Crippen LogP contribution is -2.06. The molecule has 89 valence electrons. The van der Waals surface area contributed by atoms with Gasteiger partial charge in [-0.05, 0) is 25.5 Å². The van der Waals surface area contributed by atoms with Gasteiger partial charge in [-0.15, -0.1) is 0 Å². The lowest BCUT2D eigenvalue weighted by Gasteiger charge is -2.04. The fourth-order valence-corrected chi connectivity index (χ4v) is 2.88. The van der Waals surface area contributed by atoms with Crippen molar-refractivity contribution in [3.8, 4) is 0 Å². The van der Waals surface area contributed by atoms with Gasteiger partial charge < -0.3 is 0 Å². The number of rotatable bonds is 6. The number of hydrogen-bond donors (Lipinski definition) is 0. The van der Waals surface area contributed by atoms with Crippen molar-refractivity contribution in [1.29, 1.82) is 0 Å². The second-order valence-corrected chi connectivity index (χ2v) is 6.16. The molecule has 0 bridgehead atoms. The maximum Gasteiger partial charge on any atom is 0.178 e. The molecule has 0 aromatic heterocycles. The summed E-state index contributed by atoms with van der Waals surface area (Å²) in [4.78, 5) is 0.438. The Balaban J connectivity index is 2.60. The van der Waals surface area contributed by atoms with Crippen LogP contribution in [0, 0.1) is 13.8 Å². The Kier molecular flexibility index (Phi) is 5.00. The highest BCUT2D eigenvalue weighted by Gasteiger charge is 2.12. The zero-order chi connectivity index (χ0) is 12.0. The van der Waals surface area contributed by atoms with Gasteiger partial charge in [0, 0.05) is 0 Å². The van der Waals surface area contributed by atoms with E-state index < -0.39 is 9.84 Å². The molecule has 0 unspecified atom stereocenters. The standard InChI is InChI=1S/C13H19O2S/c1-3-4-5-6-11-16(14,15)13-9-7-12(2)8-10-13/h7-10H,1,3-6,11H2,2H3. The van der Waals surface area contributed by atoms with Crippen LogP contribution in [-0.4, -0.2) is 14.2 Å². The largest absolute Gasteiger partial charge is 0.224 e. The SMILES string of the molecule is [CH2]CCCCCS(=O)(=O)c1ccc(C)cc1. The van der Waals surface area contributed by atoms with Crippen molar-refractivity contribution in [3.05, 3.63) is 36.8 Å². The Labute approximate surface area is 98.6 Å². The van der Waals surface area contributed by atoms with E-state index in [9.17, 15) is 8.42 Å². The monoisotopic (exact) mass is 239 g/mol. The summed E-state index contributed by atoms with van der Waals surface area (Å²) in [6, 6.07) is 7.05. The van der Waals surface area contributed by atoms with Gasteiger partial charge in [0.15, 0.2) is 9.84 Å². The van der Waals surface area contributed by atoms with E-state index in [-0.39, 0.29) is 5.75 Å². The molecule has 0 saturated carbocycles. The normalized spacial score (nSPS) is 11.6. The second kappa shape index (κ2) is 6.04. The molecule has 16 heavy (non-hydrogen) atoms. The average Bonchev–Trinajstić information content (AvgIpc) is 2.25. The van der Waals surface area contributed by atoms with Crippen LogP contribution in [0.15, 0.2) is 29.2 Å². The molecular formula is C13H19O2S. The van der Waals surface area contributed by atoms with Gasteiger partial charge in [-0.25, -0.2) is 8.42 Å². The van der Waals surface area contributed by atoms with E-state index in [1.54, 1.807) is 12.1 Å². The molecule has 1 radical (unpaired) electrons. The molecule has 3 heteroatoms. The highest BCUT2D eigenvalue weighted by atomic mass is 32.2. The average molecular weight is 239 g/mol. The molecule has 0 aliphatic rings. The quantitative estimate of drug-likeness (QED) is 0.715. The van der Waals surface area contributed by atoms with E-state index in [0.717, 1.165) is 31.2 Å². The molecule has 0 atom stereocenters. The molecule has 0 heterocycles. The summed E-state index contributed by atoms with van der Waals surface area (Å²) in [6.07, 6.45) is 3.55. The van der Waals surface area contributed by atoms with Crippen LogP contribution >= 0.6 is 0 Å². The molecule has 1 aromatic rings. The zero-order valence-corrected chi connectivity index (χ0v) is 10.6. The van der Waals surface area contributed by atoms with E-state index in [1.165, 1.54) is 0 Å². The number of aryl methyl sites for hydroxylation is 1. The number of hydrogen-bond acceptors (Lipinski definition) is 2. The minimum Gasteiger partial charge on any atom is -0.224 e. The lowest BCUT2D eigenvalue weighted by atomic mass is 10.2. The highest BCUT2D eigenvalue weighted by molar-refractivity contribution is 7.91. The molecule has 0 fully saturated rings. The zero-order valence-electron chi connectivity index (χ0n) is 9.78. The number of benzene rings is 1. The van der Waals surface area contributed by atoms with E-state index in [2.05, 4.69) is 6.92 Å². The van der Waals surface area contributed by atoms with Crippen LogP contribution in [0.4, 0.5) is 0 Å². The van der Waals surface area contributed by atoms with Crippen LogP contribution in [-0.2, 0) is 9.84 Å². The van der Waals surface area contributed by atoms with Gasteiger partial charge in [0.2, 0.25) is 0 Å². The Hall–Kier alpha value is -0.830. The first-order valence-corrected chi connectivity index (χ1v) is 7.30. The van der Waals surface area contributed by atoms with Gasteiger partial charge in [-0.3, -0.25) is 0 Å². The fraction of sp³-hybridized carbons (Fsp3) is 0.462. The molecular weight excluding hydrogens is 220 g/mol. The van der Waals surface area contributed by atoms with Crippen molar-refractivity contribution in [2.75, 3.05) is 5.75 Å². The first-order valence-electron chi connectivity index (χ1n) is 5.65. The Morgan fingerprint density at radius 1 is 1.06 bits per heavy atom. The molecule has 0 N–H and O–H groups in total. The smallest absolute Gasteiger partial charge is 0.178 e. The molecule has 0 amide bonds. The summed E-state index contributed by atoms with van der Waals surface area (Å²) >= 11 is 0. The summed E-state index contributed by atoms with van der Waals surface area (Å²) in [5.74, 6) is 0.246. The van der Waals surface area contributed by atoms with Crippen molar-refractivity contribution in [3.63, 3.8) is 0 Å². The predicted molar refractivity (Wildman–Crippen MR) is 67.1 cm³/mol. The van der Waals surface area contributed by atoms with Crippen molar-refractivity contribution in [2.24, 2.45) is 0 Å². The third kappa shape index (κ3) is 3.97. The van der Waals surface area contributed by atoms with E-state index in [4.69, 9.17) is 0 Å². The van der Waals surface area contributed by atoms with Gasteiger partial charge in [0.1, 0.15) is 0 Å². The molecule has 0 saturated heterocycles. The Morgan fingerprint density at radius 3 is 2.25 bits per heavy atom. The second-order valence-electron chi connectivity index (χ2n) is 4.05. The summed E-state index contributed by atoms with van der Waals surface area (Å²) < 4.78 is 23.8. The van der Waals surface area contributed by atoms with Crippen molar-refractivity contribution in [1.82, 2.24) is 0 Å². The van der Waals surface area contributed by atoms with E-state index >= 15 is 0 Å². The minimum absolute atomic E-state index is 0.246. The molecule has 1 aromatic carbocycles. The lowest BCUT2D eigenvalue weighted by molar-refractivity contribution is 0.590. The highest BCUT2D eigenvalue weighted by Crippen LogP contribution is 2.14. The maximum absolute atomic E-state index is 11.9. The van der Waals surface area contributed by atoms with Crippen molar-refractivity contribution >= 4 is 9.84 Å². The van der Waals surface area contributed by atoms with Gasteiger partial charge in [-0.1, -0.05) is 43.9 Å². The Morgan fingerprint density at radius 2 is 1.69 bits per heavy atom. The number of unbranched alkanes of at least 4 members (excludes halogenated alkanes) is 3. The van der Waals surface area contributed by atoms with Crippen LogP contribution < -0.4 is 0 Å². The molecule has 0 aliphatic carbocycles. The summed E-state index contributed by atoms with van der Waals surface area (Å²) in [7, 11) is -3.08. The number of sulfone groups is 1. The van der Waals surface area contributed by atoms with Crippen LogP contribution in [0.2, 0.25) is 0 Å². The summed E-state index contributed by atoms with van der Waals surface area (Å²) in [6.45, 7) is 5.69. The van der Waals surface area contributed by atoms with Crippen LogP contribution in [0.3, 0.4) is 0 Å².